The Morgan fingerprint density at radius 3 is 2.89 bits per heavy atom. The Labute approximate surface area is 107 Å². The zero-order chi connectivity index (χ0) is 12.5. The van der Waals surface area contributed by atoms with E-state index >= 15 is 0 Å². The van der Waals surface area contributed by atoms with E-state index in [1.165, 1.54) is 11.3 Å². The third-order valence-electron chi connectivity index (χ3n) is 2.74. The Balaban J connectivity index is 2.04. The van der Waals surface area contributed by atoms with E-state index in [0.29, 0.717) is 21.5 Å². The Hall–Kier alpha value is -1.86. The predicted octanol–water partition coefficient (Wildman–Crippen LogP) is 1.08. The van der Waals surface area contributed by atoms with Gasteiger partial charge < -0.3 is 0 Å². The molecule has 0 atom stereocenters. The van der Waals surface area contributed by atoms with Crippen LogP contribution in [0.5, 0.6) is 0 Å². The fourth-order valence-corrected chi connectivity index (χ4v) is 2.73. The second-order valence-corrected chi connectivity index (χ2v) is 5.07. The number of nitrogens with two attached hydrogens (primary N) is 1. The molecule has 0 spiro atoms. The molecule has 1 aliphatic rings. The molecule has 2 aromatic heterocycles. The van der Waals surface area contributed by atoms with E-state index in [9.17, 15) is 4.79 Å². The summed E-state index contributed by atoms with van der Waals surface area (Å²) in [5, 5.41) is 0.712. The van der Waals surface area contributed by atoms with Crippen LogP contribution in [0.3, 0.4) is 0 Å². The minimum atomic E-state index is -0.287. The lowest BCUT2D eigenvalue weighted by molar-refractivity contribution is 0.0956. The predicted molar refractivity (Wildman–Crippen MR) is 66.8 cm³/mol. The highest BCUT2D eigenvalue weighted by Crippen LogP contribution is 2.43. The molecule has 0 radical (unpaired) electrons. The number of hydrogen-bond acceptors (Lipinski definition) is 6. The number of nitrogens with zero attached hydrogens (tertiary/aromatic N) is 3. The Kier molecular flexibility index (Phi) is 2.77. The van der Waals surface area contributed by atoms with Gasteiger partial charge in [-0.05, 0) is 12.8 Å². The molecule has 1 aliphatic carbocycles. The highest BCUT2D eigenvalue weighted by molar-refractivity contribution is 7.17. The molecule has 2 aromatic rings. The van der Waals surface area contributed by atoms with Crippen molar-refractivity contribution in [3.8, 4) is 10.7 Å². The molecule has 1 saturated carbocycles. The fourth-order valence-electron chi connectivity index (χ4n) is 1.71. The van der Waals surface area contributed by atoms with Crippen LogP contribution >= 0.6 is 11.3 Å². The number of amides is 1. The standard InChI is InChI=1S/C11H11N5OS/c12-16-10(17)9-8(6-1-2-6)15-11(18-9)7-5-13-3-4-14-7/h3-6H,1-2,12H2,(H,16,17). The fraction of sp³-hybridized carbons (Fsp3) is 0.273. The molecule has 7 heteroatoms. The maximum atomic E-state index is 11.7. The molecule has 92 valence electrons. The first-order chi connectivity index (χ1) is 8.79. The summed E-state index contributed by atoms with van der Waals surface area (Å²) in [5.41, 5.74) is 3.68. The van der Waals surface area contributed by atoms with Crippen molar-refractivity contribution in [3.63, 3.8) is 0 Å². The van der Waals surface area contributed by atoms with E-state index in [1.807, 2.05) is 0 Å². The van der Waals surface area contributed by atoms with Gasteiger partial charge in [-0.25, -0.2) is 10.8 Å². The molecule has 1 amide bonds. The maximum Gasteiger partial charge on any atom is 0.277 e. The maximum absolute atomic E-state index is 11.7. The van der Waals surface area contributed by atoms with E-state index in [1.54, 1.807) is 18.6 Å². The van der Waals surface area contributed by atoms with Gasteiger partial charge in [-0.2, -0.15) is 0 Å². The summed E-state index contributed by atoms with van der Waals surface area (Å²) in [6, 6.07) is 0. The molecule has 0 aromatic carbocycles. The third kappa shape index (κ3) is 1.98. The molecular formula is C11H11N5OS. The molecule has 0 saturated heterocycles. The Morgan fingerprint density at radius 2 is 2.28 bits per heavy atom. The van der Waals surface area contributed by atoms with E-state index in [2.05, 4.69) is 20.4 Å². The van der Waals surface area contributed by atoms with E-state index < -0.39 is 0 Å². The highest BCUT2D eigenvalue weighted by atomic mass is 32.1. The average Bonchev–Trinajstić information content (AvgIpc) is 3.18. The average molecular weight is 261 g/mol. The van der Waals surface area contributed by atoms with Crippen molar-refractivity contribution in [1.82, 2.24) is 20.4 Å². The molecule has 3 rings (SSSR count). The number of nitrogen functional groups attached to an aromatic ring is 1. The lowest BCUT2D eigenvalue weighted by Crippen LogP contribution is -2.30. The lowest BCUT2D eigenvalue weighted by atomic mass is 10.2. The first kappa shape index (κ1) is 11.2. The van der Waals surface area contributed by atoms with E-state index in [-0.39, 0.29) is 5.91 Å². The van der Waals surface area contributed by atoms with Crippen LogP contribution in [0.2, 0.25) is 0 Å². The summed E-state index contributed by atoms with van der Waals surface area (Å²) in [4.78, 5) is 25.0. The van der Waals surface area contributed by atoms with Gasteiger partial charge in [0.2, 0.25) is 0 Å². The van der Waals surface area contributed by atoms with Gasteiger partial charge in [0.25, 0.3) is 5.91 Å². The molecule has 3 N–H and O–H groups in total. The quantitative estimate of drug-likeness (QED) is 0.490. The number of carbonyl (C=O) groups excluding carboxylic acids is 1. The van der Waals surface area contributed by atoms with Crippen LogP contribution in [0, 0.1) is 0 Å². The van der Waals surface area contributed by atoms with Crippen molar-refractivity contribution in [2.45, 2.75) is 18.8 Å². The van der Waals surface area contributed by atoms with Crippen LogP contribution in [-0.2, 0) is 0 Å². The first-order valence-corrected chi connectivity index (χ1v) is 6.39. The summed E-state index contributed by atoms with van der Waals surface area (Å²) in [7, 11) is 0. The Morgan fingerprint density at radius 1 is 1.44 bits per heavy atom. The van der Waals surface area contributed by atoms with Crippen molar-refractivity contribution >= 4 is 17.2 Å². The number of nitrogens with one attached hydrogen (secondary N) is 1. The summed E-state index contributed by atoms with van der Waals surface area (Å²) < 4.78 is 0. The molecule has 0 aliphatic heterocycles. The number of aromatic nitrogens is 3. The largest absolute Gasteiger partial charge is 0.289 e. The van der Waals surface area contributed by atoms with Gasteiger partial charge >= 0.3 is 0 Å². The molecule has 0 bridgehead atoms. The molecule has 6 nitrogen and oxygen atoms in total. The van der Waals surface area contributed by atoms with Gasteiger partial charge in [0.15, 0.2) is 0 Å². The second-order valence-electron chi connectivity index (χ2n) is 4.07. The zero-order valence-electron chi connectivity index (χ0n) is 9.46. The smallest absolute Gasteiger partial charge is 0.277 e. The van der Waals surface area contributed by atoms with E-state index in [0.717, 1.165) is 18.5 Å². The van der Waals surface area contributed by atoms with Crippen molar-refractivity contribution in [3.05, 3.63) is 29.2 Å². The van der Waals surface area contributed by atoms with Gasteiger partial charge in [-0.15, -0.1) is 11.3 Å². The minimum Gasteiger partial charge on any atom is -0.289 e. The van der Waals surface area contributed by atoms with Crippen LogP contribution in [0.15, 0.2) is 18.6 Å². The first-order valence-electron chi connectivity index (χ1n) is 5.57. The number of thiazole rings is 1. The SMILES string of the molecule is NNC(=O)c1sc(-c2cnccn2)nc1C1CC1. The van der Waals surface area contributed by atoms with Gasteiger partial charge in [0.1, 0.15) is 15.6 Å². The summed E-state index contributed by atoms with van der Waals surface area (Å²) in [5.74, 6) is 5.29. The summed E-state index contributed by atoms with van der Waals surface area (Å²) in [6.07, 6.45) is 7.01. The van der Waals surface area contributed by atoms with Crippen LogP contribution in [-0.4, -0.2) is 20.9 Å². The van der Waals surface area contributed by atoms with Crippen LogP contribution in [0.25, 0.3) is 10.7 Å². The lowest BCUT2D eigenvalue weighted by Gasteiger charge is -1.97. The molecule has 1 fully saturated rings. The summed E-state index contributed by atoms with van der Waals surface area (Å²) >= 11 is 1.31. The molecule has 0 unspecified atom stereocenters. The number of carbonyl (C=O) groups is 1. The number of hydrogen-bond donors (Lipinski definition) is 2. The van der Waals surface area contributed by atoms with Crippen molar-refractivity contribution in [2.75, 3.05) is 0 Å². The Bertz CT molecular complexity index is 578. The highest BCUT2D eigenvalue weighted by Gasteiger charge is 2.32. The van der Waals surface area contributed by atoms with Gasteiger partial charge in [-0.3, -0.25) is 20.2 Å². The number of rotatable bonds is 3. The van der Waals surface area contributed by atoms with Gasteiger partial charge in [-0.1, -0.05) is 0 Å². The van der Waals surface area contributed by atoms with E-state index in [4.69, 9.17) is 5.84 Å². The van der Waals surface area contributed by atoms with Crippen LogP contribution < -0.4 is 11.3 Å². The number of hydrazine groups is 1. The van der Waals surface area contributed by atoms with Crippen LogP contribution in [0.4, 0.5) is 0 Å². The normalized spacial score (nSPS) is 14.5. The van der Waals surface area contributed by atoms with Gasteiger partial charge in [0.05, 0.1) is 11.9 Å². The van der Waals surface area contributed by atoms with Crippen molar-refractivity contribution in [2.24, 2.45) is 5.84 Å². The minimum absolute atomic E-state index is 0.287. The third-order valence-corrected chi connectivity index (χ3v) is 3.83. The summed E-state index contributed by atoms with van der Waals surface area (Å²) in [6.45, 7) is 0. The van der Waals surface area contributed by atoms with Crippen molar-refractivity contribution in [1.29, 1.82) is 0 Å². The molecule has 2 heterocycles. The van der Waals surface area contributed by atoms with Crippen molar-refractivity contribution < 1.29 is 4.79 Å². The monoisotopic (exact) mass is 261 g/mol. The van der Waals surface area contributed by atoms with Gasteiger partial charge in [0, 0.05) is 18.3 Å². The second kappa shape index (κ2) is 4.43. The zero-order valence-corrected chi connectivity index (χ0v) is 10.3. The topological polar surface area (TPSA) is 93.8 Å². The van der Waals surface area contributed by atoms with Crippen LogP contribution in [0.1, 0.15) is 34.1 Å². The molecular weight excluding hydrogens is 250 g/mol. The molecule has 18 heavy (non-hydrogen) atoms.